The van der Waals surface area contributed by atoms with Crippen LogP contribution >= 0.6 is 34.8 Å². The van der Waals surface area contributed by atoms with Crippen LogP contribution in [0.1, 0.15) is 29.6 Å². The highest BCUT2D eigenvalue weighted by molar-refractivity contribution is 6.36. The van der Waals surface area contributed by atoms with E-state index in [2.05, 4.69) is 26.8 Å². The van der Waals surface area contributed by atoms with Crippen LogP contribution in [0.3, 0.4) is 0 Å². The van der Waals surface area contributed by atoms with E-state index in [1.807, 2.05) is 42.5 Å². The Bertz CT molecular complexity index is 1210. The summed E-state index contributed by atoms with van der Waals surface area (Å²) in [5.41, 5.74) is 3.93. The summed E-state index contributed by atoms with van der Waals surface area (Å²) in [6.45, 7) is 10.5. The van der Waals surface area contributed by atoms with Crippen molar-refractivity contribution in [3.63, 3.8) is 0 Å². The Hall–Kier alpha value is -2.42. The molecule has 3 aromatic rings. The third-order valence-corrected chi connectivity index (χ3v) is 7.25. The molecule has 0 unspecified atom stereocenters. The Kier molecular flexibility index (Phi) is 6.40. The summed E-state index contributed by atoms with van der Waals surface area (Å²) in [4.78, 5) is 8.44. The van der Waals surface area contributed by atoms with Crippen molar-refractivity contribution in [3.8, 4) is 5.75 Å². The molecule has 0 saturated carbocycles. The Morgan fingerprint density at radius 3 is 2.42 bits per heavy atom. The number of rotatable bonds is 3. The molecule has 0 aromatic heterocycles. The van der Waals surface area contributed by atoms with Gasteiger partial charge in [-0.15, -0.1) is 0 Å². The van der Waals surface area contributed by atoms with E-state index in [9.17, 15) is 0 Å². The molecule has 1 fully saturated rings. The lowest BCUT2D eigenvalue weighted by atomic mass is 9.94. The Morgan fingerprint density at radius 2 is 1.67 bits per heavy atom. The molecule has 2 aliphatic heterocycles. The van der Waals surface area contributed by atoms with Gasteiger partial charge in [-0.1, -0.05) is 59.1 Å². The first-order valence-corrected chi connectivity index (χ1v) is 12.0. The van der Waals surface area contributed by atoms with Gasteiger partial charge in [-0.05, 0) is 42.0 Å². The van der Waals surface area contributed by atoms with E-state index in [1.54, 1.807) is 6.07 Å². The first-order chi connectivity index (χ1) is 16.0. The Labute approximate surface area is 209 Å². The fourth-order valence-electron chi connectivity index (χ4n) is 4.87. The van der Waals surface area contributed by atoms with E-state index in [1.165, 1.54) is 5.56 Å². The van der Waals surface area contributed by atoms with E-state index in [4.69, 9.17) is 46.1 Å². The molecule has 0 N–H and O–H groups in total. The van der Waals surface area contributed by atoms with Gasteiger partial charge in [0.25, 0.3) is 0 Å². The third-order valence-electron chi connectivity index (χ3n) is 6.46. The van der Waals surface area contributed by atoms with Crippen LogP contribution in [-0.4, -0.2) is 31.1 Å². The molecule has 1 saturated heterocycles. The Balaban J connectivity index is 1.49. The summed E-state index contributed by atoms with van der Waals surface area (Å²) >= 11 is 19.0. The molecule has 0 amide bonds. The van der Waals surface area contributed by atoms with E-state index in [-0.39, 0.29) is 12.1 Å². The molecular formula is C26H22Cl3N3O. The molecule has 7 heteroatoms. The van der Waals surface area contributed by atoms with Crippen molar-refractivity contribution in [2.75, 3.05) is 31.1 Å². The molecule has 0 bridgehead atoms. The zero-order valence-electron chi connectivity index (χ0n) is 17.8. The van der Waals surface area contributed by atoms with Crippen LogP contribution in [0.4, 0.5) is 11.4 Å². The van der Waals surface area contributed by atoms with Crippen molar-refractivity contribution in [1.29, 1.82) is 0 Å². The maximum Gasteiger partial charge on any atom is 0.190 e. The topological polar surface area (TPSA) is 20.1 Å². The van der Waals surface area contributed by atoms with Crippen LogP contribution in [0.2, 0.25) is 15.1 Å². The van der Waals surface area contributed by atoms with Gasteiger partial charge >= 0.3 is 0 Å². The highest BCUT2D eigenvalue weighted by Crippen LogP contribution is 2.42. The lowest BCUT2D eigenvalue weighted by molar-refractivity contribution is 0.117. The zero-order valence-corrected chi connectivity index (χ0v) is 20.1. The number of hydrogen-bond acceptors (Lipinski definition) is 3. The maximum atomic E-state index is 7.30. The predicted molar refractivity (Wildman–Crippen MR) is 135 cm³/mol. The van der Waals surface area contributed by atoms with Crippen molar-refractivity contribution in [1.82, 2.24) is 4.90 Å². The highest BCUT2D eigenvalue weighted by Gasteiger charge is 2.35. The lowest BCUT2D eigenvalue weighted by Crippen LogP contribution is -2.50. The minimum absolute atomic E-state index is 0.100. The number of nitrogens with zero attached hydrogens (tertiary/aromatic N) is 3. The average Bonchev–Trinajstić information content (AvgIpc) is 2.83. The summed E-state index contributed by atoms with van der Waals surface area (Å²) in [7, 11) is 0. The minimum atomic E-state index is 0.100. The van der Waals surface area contributed by atoms with Gasteiger partial charge in [0.15, 0.2) is 5.69 Å². The van der Waals surface area contributed by atoms with Crippen molar-refractivity contribution < 1.29 is 4.74 Å². The van der Waals surface area contributed by atoms with Crippen LogP contribution in [-0.2, 0) is 0 Å². The minimum Gasteiger partial charge on any atom is -0.494 e. The third kappa shape index (κ3) is 4.52. The van der Waals surface area contributed by atoms with Gasteiger partial charge in [-0.3, -0.25) is 4.90 Å². The first kappa shape index (κ1) is 22.4. The first-order valence-electron chi connectivity index (χ1n) is 10.9. The summed E-state index contributed by atoms with van der Waals surface area (Å²) in [5.74, 6) is 0.825. The number of hydrogen-bond donors (Lipinski definition) is 0. The monoisotopic (exact) mass is 497 g/mol. The van der Waals surface area contributed by atoms with Gasteiger partial charge < -0.3 is 9.64 Å². The highest BCUT2D eigenvalue weighted by atomic mass is 35.5. The van der Waals surface area contributed by atoms with Crippen LogP contribution in [0.25, 0.3) is 4.85 Å². The van der Waals surface area contributed by atoms with Gasteiger partial charge in [-0.2, -0.15) is 0 Å². The predicted octanol–water partition coefficient (Wildman–Crippen LogP) is 7.58. The number of piperazine rings is 1. The van der Waals surface area contributed by atoms with Gasteiger partial charge in [0.2, 0.25) is 0 Å². The molecule has 0 aliphatic carbocycles. The van der Waals surface area contributed by atoms with Crippen LogP contribution in [0.5, 0.6) is 5.75 Å². The van der Waals surface area contributed by atoms with Crippen LogP contribution in [0, 0.1) is 6.57 Å². The van der Waals surface area contributed by atoms with Crippen LogP contribution in [0.15, 0.2) is 60.7 Å². The van der Waals surface area contributed by atoms with E-state index in [0.717, 1.165) is 48.1 Å². The van der Waals surface area contributed by atoms with Crippen molar-refractivity contribution >= 4 is 46.2 Å². The molecule has 3 aromatic carbocycles. The largest absolute Gasteiger partial charge is 0.494 e. The fraction of sp³-hybridized carbons (Fsp3) is 0.269. The molecule has 2 atom stereocenters. The molecule has 168 valence electrons. The number of benzene rings is 3. The van der Waals surface area contributed by atoms with Crippen molar-refractivity contribution in [3.05, 3.63) is 98.3 Å². The van der Waals surface area contributed by atoms with Gasteiger partial charge in [-0.25, -0.2) is 4.85 Å². The Morgan fingerprint density at radius 1 is 0.879 bits per heavy atom. The van der Waals surface area contributed by atoms with E-state index < -0.39 is 0 Å². The number of fused-ring (bicyclic) bond motifs is 1. The quantitative estimate of drug-likeness (QED) is 0.347. The van der Waals surface area contributed by atoms with E-state index in [0.29, 0.717) is 22.3 Å². The van der Waals surface area contributed by atoms with Crippen molar-refractivity contribution in [2.24, 2.45) is 0 Å². The second kappa shape index (κ2) is 9.44. The number of anilines is 1. The number of ether oxygens (including phenoxy) is 1. The fourth-order valence-corrected chi connectivity index (χ4v) is 5.51. The molecule has 2 aliphatic rings. The normalized spacial score (nSPS) is 20.6. The smallest absolute Gasteiger partial charge is 0.190 e. The van der Waals surface area contributed by atoms with Gasteiger partial charge in [0.05, 0.1) is 29.9 Å². The number of halogens is 3. The molecule has 5 rings (SSSR count). The van der Waals surface area contributed by atoms with Crippen molar-refractivity contribution in [2.45, 2.75) is 18.5 Å². The second-order valence-corrected chi connectivity index (χ2v) is 9.62. The summed E-state index contributed by atoms with van der Waals surface area (Å²) in [6.07, 6.45) is 0.916. The lowest BCUT2D eigenvalue weighted by Gasteiger charge is -2.47. The zero-order chi connectivity index (χ0) is 22.9. The molecule has 0 spiro atoms. The van der Waals surface area contributed by atoms with E-state index >= 15 is 0 Å². The standard InChI is InChI=1S/C26H22Cl3N3O/c1-30-20-7-8-21-23(10-13-33-26(21)15-20)31-11-12-32(24-9-6-19(28)14-22(24)29)25(16-31)17-2-4-18(27)5-3-17/h2-9,14-15,23,25H,10-13,16H2/t23-,25-/m0/s1. The summed E-state index contributed by atoms with van der Waals surface area (Å²) in [5, 5.41) is 2.00. The second-order valence-electron chi connectivity index (χ2n) is 8.34. The summed E-state index contributed by atoms with van der Waals surface area (Å²) in [6, 6.07) is 19.9. The maximum absolute atomic E-state index is 7.30. The van der Waals surface area contributed by atoms with Gasteiger partial charge in [0, 0.05) is 47.7 Å². The van der Waals surface area contributed by atoms with Crippen LogP contribution < -0.4 is 9.64 Å². The molecular weight excluding hydrogens is 477 g/mol. The average molecular weight is 499 g/mol. The summed E-state index contributed by atoms with van der Waals surface area (Å²) < 4.78 is 5.90. The molecule has 2 heterocycles. The molecule has 33 heavy (non-hydrogen) atoms. The molecule has 4 nitrogen and oxygen atoms in total. The SMILES string of the molecule is [C-]#[N+]c1ccc2c(c1)OCC[C@@H]2N1CCN(c2ccc(Cl)cc2Cl)[C@H](c2ccc(Cl)cc2)C1. The molecule has 0 radical (unpaired) electrons. The van der Waals surface area contributed by atoms with Gasteiger partial charge in [0.1, 0.15) is 5.75 Å².